The zero-order valence-electron chi connectivity index (χ0n) is 11.9. The Morgan fingerprint density at radius 1 is 0.950 bits per heavy atom. The lowest BCUT2D eigenvalue weighted by Gasteiger charge is -2.16. The topological polar surface area (TPSA) is 9.23 Å². The van der Waals surface area contributed by atoms with Crippen molar-refractivity contribution >= 4 is 13.3 Å². The Morgan fingerprint density at radius 3 is 2.15 bits per heavy atom. The molecule has 4 heteroatoms. The van der Waals surface area contributed by atoms with Crippen molar-refractivity contribution in [2.45, 2.75) is 26.2 Å². The smallest absolute Gasteiger partial charge is 0.167 e. The first-order valence-electron chi connectivity index (χ1n) is 6.53. The van der Waals surface area contributed by atoms with Crippen LogP contribution in [0.1, 0.15) is 5.56 Å². The van der Waals surface area contributed by atoms with Crippen molar-refractivity contribution in [3.63, 3.8) is 0 Å². The van der Waals surface area contributed by atoms with Crippen LogP contribution >= 0.6 is 0 Å². The van der Waals surface area contributed by atoms with Gasteiger partial charge >= 0.3 is 0 Å². The lowest BCUT2D eigenvalue weighted by Crippen LogP contribution is -2.37. The quantitative estimate of drug-likeness (QED) is 0.771. The summed E-state index contributed by atoms with van der Waals surface area (Å²) in [5.74, 6) is -1.21. The average Bonchev–Trinajstić information content (AvgIpc) is 2.37. The first-order valence-corrected chi connectivity index (χ1v) is 10.0. The fourth-order valence-electron chi connectivity index (χ4n) is 1.85. The molecule has 106 valence electrons. The van der Waals surface area contributed by atoms with Crippen molar-refractivity contribution in [1.82, 2.24) is 0 Å². The second kappa shape index (κ2) is 5.75. The third kappa shape index (κ3) is 3.67. The number of hydrogen-bond donors (Lipinski definition) is 0. The second-order valence-corrected chi connectivity index (χ2v) is 10.9. The van der Waals surface area contributed by atoms with E-state index in [0.29, 0.717) is 0 Å². The first-order chi connectivity index (χ1) is 9.36. The zero-order valence-corrected chi connectivity index (χ0v) is 12.9. The molecule has 0 aliphatic rings. The lowest BCUT2D eigenvalue weighted by atomic mass is 10.2. The molecule has 0 fully saturated rings. The van der Waals surface area contributed by atoms with Crippen molar-refractivity contribution < 1.29 is 13.5 Å². The molecule has 20 heavy (non-hydrogen) atoms. The average molecular weight is 292 g/mol. The van der Waals surface area contributed by atoms with E-state index < -0.39 is 19.7 Å². The minimum absolute atomic E-state index is 0.0701. The molecule has 0 radical (unpaired) electrons. The Balaban J connectivity index is 2.04. The van der Waals surface area contributed by atoms with Gasteiger partial charge in [0, 0.05) is 6.07 Å². The Morgan fingerprint density at radius 2 is 1.60 bits per heavy atom. The van der Waals surface area contributed by atoms with Crippen LogP contribution in [-0.4, -0.2) is 8.07 Å². The summed E-state index contributed by atoms with van der Waals surface area (Å²) < 4.78 is 31.6. The summed E-state index contributed by atoms with van der Waals surface area (Å²) in [5, 5.41) is 1.37. The molecular weight excluding hydrogens is 274 g/mol. The lowest BCUT2D eigenvalue weighted by molar-refractivity contribution is 0.289. The van der Waals surface area contributed by atoms with Crippen molar-refractivity contribution in [2.24, 2.45) is 0 Å². The molecule has 0 saturated carbocycles. The molecular formula is C16H18F2OSi. The molecule has 2 aromatic carbocycles. The maximum absolute atomic E-state index is 13.4. The van der Waals surface area contributed by atoms with Gasteiger partial charge in [0.2, 0.25) is 0 Å². The molecule has 0 aromatic heterocycles. The first kappa shape index (κ1) is 14.7. The Hall–Kier alpha value is -1.68. The highest BCUT2D eigenvalue weighted by Crippen LogP contribution is 2.19. The number of halogens is 2. The normalized spacial score (nSPS) is 11.4. The molecule has 2 aromatic rings. The molecule has 0 aliphatic heterocycles. The molecule has 0 atom stereocenters. The zero-order chi connectivity index (χ0) is 14.8. The minimum Gasteiger partial charge on any atom is -0.486 e. The minimum atomic E-state index is -1.30. The van der Waals surface area contributed by atoms with Gasteiger partial charge in [0.25, 0.3) is 0 Å². The van der Waals surface area contributed by atoms with E-state index in [1.54, 1.807) is 0 Å². The highest BCUT2D eigenvalue weighted by Gasteiger charge is 2.15. The number of hydrogen-bond acceptors (Lipinski definition) is 1. The molecule has 1 nitrogen and oxygen atoms in total. The summed E-state index contributed by atoms with van der Waals surface area (Å²) >= 11 is 0. The fraction of sp³-hybridized carbons (Fsp3) is 0.250. The summed E-state index contributed by atoms with van der Waals surface area (Å²) in [6.45, 7) is 7.12. The van der Waals surface area contributed by atoms with Gasteiger partial charge in [0.05, 0.1) is 8.07 Å². The number of benzene rings is 2. The van der Waals surface area contributed by atoms with Gasteiger partial charge < -0.3 is 4.74 Å². The van der Waals surface area contributed by atoms with Gasteiger partial charge in [-0.05, 0) is 17.7 Å². The molecule has 0 N–H and O–H groups in total. The molecule has 0 amide bonds. The van der Waals surface area contributed by atoms with Gasteiger partial charge in [0.1, 0.15) is 12.4 Å². The van der Waals surface area contributed by atoms with Crippen LogP contribution in [0.3, 0.4) is 0 Å². The monoisotopic (exact) mass is 292 g/mol. The standard InChI is InChI=1S/C16H18F2OSi/c1-20(2,3)14-7-4-12(5-8-14)11-19-16-9-6-13(17)10-15(16)18/h4-10H,11H2,1-3H3. The van der Waals surface area contributed by atoms with Gasteiger partial charge in [-0.25, -0.2) is 8.78 Å². The summed E-state index contributed by atoms with van der Waals surface area (Å²) in [6.07, 6.45) is 0. The van der Waals surface area contributed by atoms with Gasteiger partial charge in [-0.2, -0.15) is 0 Å². The highest BCUT2D eigenvalue weighted by atomic mass is 28.3. The third-order valence-corrected chi connectivity index (χ3v) is 5.17. The van der Waals surface area contributed by atoms with E-state index in [0.717, 1.165) is 11.6 Å². The van der Waals surface area contributed by atoms with E-state index in [1.165, 1.54) is 17.3 Å². The molecule has 0 unspecified atom stereocenters. The van der Waals surface area contributed by atoms with E-state index >= 15 is 0 Å². The van der Waals surface area contributed by atoms with Gasteiger partial charge in [-0.1, -0.05) is 49.1 Å². The van der Waals surface area contributed by atoms with Crippen LogP contribution in [-0.2, 0) is 6.61 Å². The Labute approximate surface area is 119 Å². The van der Waals surface area contributed by atoms with Crippen LogP contribution in [0.5, 0.6) is 5.75 Å². The largest absolute Gasteiger partial charge is 0.486 e. The maximum Gasteiger partial charge on any atom is 0.167 e. The number of ether oxygens (including phenoxy) is 1. The third-order valence-electron chi connectivity index (χ3n) is 3.11. The number of rotatable bonds is 4. The molecule has 0 saturated heterocycles. The molecule has 0 bridgehead atoms. The highest BCUT2D eigenvalue weighted by molar-refractivity contribution is 6.88. The predicted octanol–water partition coefficient (Wildman–Crippen LogP) is 4.09. The fourth-order valence-corrected chi connectivity index (χ4v) is 3.02. The van der Waals surface area contributed by atoms with Gasteiger partial charge in [-0.15, -0.1) is 0 Å². The van der Waals surface area contributed by atoms with E-state index in [2.05, 4.69) is 31.8 Å². The van der Waals surface area contributed by atoms with Crippen LogP contribution in [0, 0.1) is 11.6 Å². The van der Waals surface area contributed by atoms with Crippen LogP contribution in [0.25, 0.3) is 0 Å². The summed E-state index contributed by atoms with van der Waals surface area (Å²) in [5.41, 5.74) is 0.968. The van der Waals surface area contributed by atoms with Gasteiger partial charge in [0.15, 0.2) is 11.6 Å². The van der Waals surface area contributed by atoms with Crippen molar-refractivity contribution in [2.75, 3.05) is 0 Å². The van der Waals surface area contributed by atoms with Crippen LogP contribution in [0.4, 0.5) is 8.78 Å². The van der Waals surface area contributed by atoms with Gasteiger partial charge in [-0.3, -0.25) is 0 Å². The molecule has 0 aliphatic carbocycles. The van der Waals surface area contributed by atoms with Crippen LogP contribution in [0.2, 0.25) is 19.6 Å². The van der Waals surface area contributed by atoms with Crippen LogP contribution < -0.4 is 9.92 Å². The van der Waals surface area contributed by atoms with E-state index in [9.17, 15) is 8.78 Å². The predicted molar refractivity (Wildman–Crippen MR) is 80.1 cm³/mol. The molecule has 0 heterocycles. The van der Waals surface area contributed by atoms with E-state index in [-0.39, 0.29) is 12.4 Å². The van der Waals surface area contributed by atoms with Crippen molar-refractivity contribution in [1.29, 1.82) is 0 Å². The summed E-state index contributed by atoms with van der Waals surface area (Å²) in [6, 6.07) is 11.5. The summed E-state index contributed by atoms with van der Waals surface area (Å²) in [7, 11) is -1.30. The summed E-state index contributed by atoms with van der Waals surface area (Å²) in [4.78, 5) is 0. The van der Waals surface area contributed by atoms with E-state index in [1.807, 2.05) is 12.1 Å². The second-order valence-electron chi connectivity index (χ2n) is 5.81. The van der Waals surface area contributed by atoms with Crippen molar-refractivity contribution in [3.8, 4) is 5.75 Å². The van der Waals surface area contributed by atoms with E-state index in [4.69, 9.17) is 4.74 Å². The van der Waals surface area contributed by atoms with Crippen LogP contribution in [0.15, 0.2) is 42.5 Å². The molecule has 0 spiro atoms. The Kier molecular flexibility index (Phi) is 4.23. The van der Waals surface area contributed by atoms with Crippen molar-refractivity contribution in [3.05, 3.63) is 59.7 Å². The molecule has 2 rings (SSSR count). The maximum atomic E-state index is 13.4. The Bertz CT molecular complexity index is 588. The SMILES string of the molecule is C[Si](C)(C)c1ccc(COc2ccc(F)cc2F)cc1.